The number of hydrogen-bond donors (Lipinski definition) is 13. The molecule has 0 bridgehead atoms. The average molecular weight is 1890 g/mol. The van der Waals surface area contributed by atoms with E-state index >= 15 is 0 Å². The number of Topliss-reactive ketones (excluding diaryl/α,β-unsaturated/α-hetero) is 1. The molecule has 1 aromatic heterocycles. The van der Waals surface area contributed by atoms with Crippen molar-refractivity contribution in [2.75, 3.05) is 68.1 Å². The molecule has 0 saturated carbocycles. The molecule has 0 aliphatic carbocycles. The number of benzene rings is 8. The van der Waals surface area contributed by atoms with E-state index in [0.717, 1.165) is 50.1 Å². The molecule has 9 aromatic rings. The van der Waals surface area contributed by atoms with Crippen molar-refractivity contribution in [3.8, 4) is 50.3 Å². The molecule has 0 radical (unpaired) electrons. The highest BCUT2D eigenvalue weighted by atomic mass is 35.5. The van der Waals surface area contributed by atoms with Crippen LogP contribution in [0.25, 0.3) is 44.5 Å². The van der Waals surface area contributed by atoms with Gasteiger partial charge in [0.1, 0.15) is 75.1 Å². The van der Waals surface area contributed by atoms with E-state index < -0.39 is 108 Å². The number of aliphatic hydroxyl groups excluding tert-OH is 6. The number of nitrogens with zero attached hydrogens (tertiary/aromatic N) is 2. The summed E-state index contributed by atoms with van der Waals surface area (Å²) in [7, 11) is 5.47. The monoisotopic (exact) mass is 1880 g/mol. The van der Waals surface area contributed by atoms with Crippen LogP contribution in [0, 0.1) is 0 Å². The molecule has 13 N–H and O–H groups in total. The van der Waals surface area contributed by atoms with Gasteiger partial charge in [-0.1, -0.05) is 184 Å². The van der Waals surface area contributed by atoms with E-state index in [-0.39, 0.29) is 95.6 Å². The number of amides is 4. The maximum Gasteiger partial charge on any atom is 0.338 e. The van der Waals surface area contributed by atoms with Crippen molar-refractivity contribution >= 4 is 140 Å². The Morgan fingerprint density at radius 1 is 0.424 bits per heavy atom. The van der Waals surface area contributed by atoms with Gasteiger partial charge >= 0.3 is 17.9 Å². The van der Waals surface area contributed by atoms with Crippen LogP contribution in [0.3, 0.4) is 0 Å². The zero-order valence-electron chi connectivity index (χ0n) is 67.5. The van der Waals surface area contributed by atoms with Gasteiger partial charge in [-0.25, -0.2) is 19.6 Å². The van der Waals surface area contributed by atoms with Crippen LogP contribution in [0.5, 0.6) is 5.75 Å². The van der Waals surface area contributed by atoms with E-state index in [1.807, 2.05) is 84.9 Å². The number of carbonyl (C=O) groups excluding carboxylic acids is 6. The Morgan fingerprint density at radius 2 is 0.768 bits per heavy atom. The summed E-state index contributed by atoms with van der Waals surface area (Å²) in [5, 5.41) is 105. The fraction of sp³-hybridized carbons (Fsp3) is 0.318. The van der Waals surface area contributed by atoms with Gasteiger partial charge in [0.05, 0.1) is 30.8 Å². The maximum atomic E-state index is 12.2. The number of aliphatic hydroxyl groups is 6. The number of esters is 1. The van der Waals surface area contributed by atoms with Gasteiger partial charge in [-0.05, 0) is 160 Å². The highest BCUT2D eigenvalue weighted by molar-refractivity contribution is 6.37. The van der Waals surface area contributed by atoms with E-state index in [1.165, 1.54) is 46.9 Å². The second-order valence-electron chi connectivity index (χ2n) is 28.2. The first-order chi connectivity index (χ1) is 59.5. The van der Waals surface area contributed by atoms with E-state index in [9.17, 15) is 74.1 Å². The van der Waals surface area contributed by atoms with Crippen LogP contribution in [-0.4, -0.2) is 232 Å². The van der Waals surface area contributed by atoms with Crippen LogP contribution in [0.4, 0.5) is 0 Å². The molecule has 8 aromatic carbocycles. The minimum absolute atomic E-state index is 0.0332. The molecule has 125 heavy (non-hydrogen) atoms. The van der Waals surface area contributed by atoms with Crippen LogP contribution in [0.2, 0.25) is 40.2 Å². The molecule has 1 saturated heterocycles. The maximum absolute atomic E-state index is 12.2. The van der Waals surface area contributed by atoms with Gasteiger partial charge in [-0.3, -0.25) is 28.8 Å². The number of carbonyl (C=O) groups is 8. The van der Waals surface area contributed by atoms with E-state index in [2.05, 4.69) is 31.2 Å². The Balaban J connectivity index is 0.000000229. The van der Waals surface area contributed by atoms with Gasteiger partial charge in [0.25, 0.3) is 0 Å². The number of cyclic esters (lactones) is 1. The Hall–Kier alpha value is -9.52. The van der Waals surface area contributed by atoms with Crippen molar-refractivity contribution in [1.29, 1.82) is 0 Å². The molecule has 0 spiro atoms. The van der Waals surface area contributed by atoms with E-state index in [4.69, 9.17) is 131 Å². The number of phenols is 1. The number of ether oxygens (including phenoxy) is 6. The fourth-order valence-electron chi connectivity index (χ4n) is 12.7. The average Bonchev–Trinajstić information content (AvgIpc) is 0.823. The van der Waals surface area contributed by atoms with Gasteiger partial charge in [0.2, 0.25) is 23.6 Å². The molecule has 1 unspecified atom stereocenters. The number of para-hydroxylation sites is 1. The minimum Gasteiger partial charge on any atom is -0.508 e. The van der Waals surface area contributed by atoms with Crippen LogP contribution in [0.1, 0.15) is 53.4 Å². The lowest BCUT2D eigenvalue weighted by atomic mass is 9.93. The zero-order valence-corrected chi connectivity index (χ0v) is 73.6. The topological polar surface area (TPSA) is 448 Å². The number of aliphatic carboxylic acids is 2. The number of methoxy groups -OCH3 is 4. The van der Waals surface area contributed by atoms with E-state index in [0.29, 0.717) is 63.3 Å². The molecular weight excluding hydrogens is 1790 g/mol. The van der Waals surface area contributed by atoms with Gasteiger partial charge in [0.15, 0.2) is 18.0 Å². The van der Waals surface area contributed by atoms with Gasteiger partial charge in [-0.2, -0.15) is 0 Å². The summed E-state index contributed by atoms with van der Waals surface area (Å²) in [6, 6.07) is 46.1. The Bertz CT molecular complexity index is 4990. The van der Waals surface area contributed by atoms with Crippen LogP contribution >= 0.6 is 92.8 Å². The molecule has 11 atom stereocenters. The molecule has 29 nitrogen and oxygen atoms in total. The molecule has 1 aliphatic rings. The lowest BCUT2D eigenvalue weighted by Crippen LogP contribution is -2.55. The summed E-state index contributed by atoms with van der Waals surface area (Å²) in [6.07, 6.45) is -7.65. The molecule has 37 heteroatoms. The molecule has 10 rings (SSSR count). The Labute approximate surface area is 759 Å². The Kier molecular flexibility index (Phi) is 42.6. The lowest BCUT2D eigenvalue weighted by molar-refractivity contribution is -0.183. The Morgan fingerprint density at radius 3 is 1.14 bits per heavy atom. The molecule has 1 fully saturated rings. The number of carboxylic acids is 2. The summed E-state index contributed by atoms with van der Waals surface area (Å²) in [5.74, 6) is -5.76. The molecule has 1 aliphatic heterocycles. The zero-order chi connectivity index (χ0) is 91.6. The summed E-state index contributed by atoms with van der Waals surface area (Å²) >= 11 is 48.5. The highest BCUT2D eigenvalue weighted by Gasteiger charge is 2.39. The van der Waals surface area contributed by atoms with Crippen molar-refractivity contribution in [1.82, 2.24) is 31.2 Å². The SMILES string of the molecule is COCC(=O)N[C@@H](Cc1ccc(-c2cc(Cl)cc(Cl)c2)cc1)[C@H](O)C1OCCOC1=O.COCC(=O)N[C@@H](Cc1ccc(-c2cc(Cl)cc(Cl)c2)cc1)[C@H](O)[C@@H](O)C(=O)CCCC(=O)O.COCC(=O)N[C@@H](Cc1ccc(-c2cc(Cl)cc(Cl)c2)cc1)[C@H](O)c1ccccc1O.COCC(=O)N[C@@H](Cc1ncc(-c2cc(Cl)cc(Cl)c2)cn1)[C@H](O)[C@@H](O)C(=O)O. The number of carboxylic acid groups (broad SMARTS) is 2. The summed E-state index contributed by atoms with van der Waals surface area (Å²) in [6.45, 7) is -0.547. The fourth-order valence-corrected chi connectivity index (χ4v) is 14.8. The van der Waals surface area contributed by atoms with Crippen molar-refractivity contribution < 1.29 is 113 Å². The third-order valence-corrected chi connectivity index (χ3v) is 20.4. The smallest absolute Gasteiger partial charge is 0.338 e. The quantitative estimate of drug-likeness (QED) is 0.0160. The van der Waals surface area contributed by atoms with Gasteiger partial charge in [0, 0.05) is 111 Å². The number of phenolic OH excluding ortho intramolecular Hbond substituents is 1. The van der Waals surface area contributed by atoms with Crippen LogP contribution in [-0.2, 0) is 92.5 Å². The number of aromatic hydroxyl groups is 1. The van der Waals surface area contributed by atoms with Gasteiger partial charge in [-0.15, -0.1) is 0 Å². The molecular formula is C88H92Cl8N6O23. The van der Waals surface area contributed by atoms with Crippen molar-refractivity contribution in [2.45, 2.75) is 112 Å². The number of hydrogen-bond acceptors (Lipinski definition) is 23. The first kappa shape index (κ1) is 103. The number of halogens is 8. The third kappa shape index (κ3) is 34.0. The standard InChI is InChI=1S/C24H27Cl2NO7.C24H23Cl2NO4.C22H23Cl2NO6.C18H19Cl2N3O6/c1-34-13-21(29)27-19(23(32)24(33)20(28)3-2-4-22(30)31)9-14-5-7-15(8-6-14)16-10-17(25)12-18(26)11-16;1-31-14-23(29)27-21(24(30)20-4-2-3-5-22(20)28)10-15-6-8-16(9-7-15)17-11-18(25)13-19(26)12-17;1-29-12-19(26)25-18(20(27)21-22(28)31-7-6-30-21)8-13-2-4-14(5-3-13)15-9-16(23)11-17(24)10-15;1-29-8-15(24)23-13(16(25)17(26)18(27)28)5-14-21-6-10(7-22-14)9-2-11(19)4-12(20)3-9/h5-8,10-12,19,23-24,32-33H,2-4,9,13H2,1H3,(H,27,29)(H,30,31);2-9,11-13,21,24,28,30H,10,14H2,1H3,(H,27,29);2-5,9-11,18,20-21,27H,6-8,12H2,1H3,(H,25,26);2-4,6-7,13,16-17,25-26H,5,8H2,1H3,(H,23,24)(H,27,28)/t19-,23-,24-;21-,24+;18-,20-,21?;13-,16-,17+/m0000/s1. The van der Waals surface area contributed by atoms with Crippen molar-refractivity contribution in [2.24, 2.45) is 0 Å². The number of rotatable bonds is 38. The lowest BCUT2D eigenvalue weighted by Gasteiger charge is -2.31. The predicted molar refractivity (Wildman–Crippen MR) is 471 cm³/mol. The van der Waals surface area contributed by atoms with Crippen molar-refractivity contribution in [3.05, 3.63) is 251 Å². The van der Waals surface area contributed by atoms with Crippen LogP contribution in [0.15, 0.2) is 182 Å². The summed E-state index contributed by atoms with van der Waals surface area (Å²) in [4.78, 5) is 102. The largest absolute Gasteiger partial charge is 0.508 e. The predicted octanol–water partition coefficient (Wildman–Crippen LogP) is 11.2. The number of ketones is 1. The normalized spacial score (nSPS) is 14.7. The minimum atomic E-state index is -2.10. The highest BCUT2D eigenvalue weighted by Crippen LogP contribution is 2.34. The molecule has 2 heterocycles. The van der Waals surface area contributed by atoms with E-state index in [1.54, 1.807) is 78.9 Å². The van der Waals surface area contributed by atoms with Crippen molar-refractivity contribution in [3.63, 3.8) is 0 Å². The number of nitrogens with one attached hydrogen (secondary N) is 4. The first-order valence-electron chi connectivity index (χ1n) is 38.2. The summed E-state index contributed by atoms with van der Waals surface area (Å²) < 4.78 is 29.6. The third-order valence-electron chi connectivity index (χ3n) is 18.7. The second kappa shape index (κ2) is 51.9. The summed E-state index contributed by atoms with van der Waals surface area (Å²) in [5.41, 5.74) is 9.40. The second-order valence-corrected chi connectivity index (χ2v) is 31.7. The molecule has 668 valence electrons. The number of aromatic nitrogens is 2. The molecule has 4 amide bonds. The van der Waals surface area contributed by atoms with Crippen LogP contribution < -0.4 is 21.3 Å². The van der Waals surface area contributed by atoms with Gasteiger partial charge < -0.3 is 95.6 Å². The first-order valence-corrected chi connectivity index (χ1v) is 41.3.